The van der Waals surface area contributed by atoms with E-state index < -0.39 is 0 Å². The van der Waals surface area contributed by atoms with E-state index in [1.807, 2.05) is 26.2 Å². The molecule has 0 spiro atoms. The normalized spacial score (nSPS) is 11.2. The standard InChI is InChI=1S/C19H20FN3O/c1-23(2)12-14-5-3-13(4-6-14)11-21-19(24)18-10-15-9-16(20)7-8-17(15)22-18/h3-10,22H,11-12H2,1-2H3,(H,21,24). The van der Waals surface area contributed by atoms with Crippen molar-refractivity contribution in [3.8, 4) is 0 Å². The molecule has 0 bridgehead atoms. The first-order valence-corrected chi connectivity index (χ1v) is 7.80. The van der Waals surface area contributed by atoms with E-state index in [0.717, 1.165) is 17.6 Å². The first-order valence-electron chi connectivity index (χ1n) is 7.80. The quantitative estimate of drug-likeness (QED) is 0.756. The fraction of sp³-hybridized carbons (Fsp3) is 0.211. The summed E-state index contributed by atoms with van der Waals surface area (Å²) in [5.41, 5.74) is 3.44. The number of amides is 1. The van der Waals surface area contributed by atoms with Crippen LogP contribution < -0.4 is 5.32 Å². The molecular weight excluding hydrogens is 305 g/mol. The zero-order valence-electron chi connectivity index (χ0n) is 13.8. The van der Waals surface area contributed by atoms with Crippen LogP contribution in [0.3, 0.4) is 0 Å². The Morgan fingerprint density at radius 1 is 1.08 bits per heavy atom. The van der Waals surface area contributed by atoms with Crippen molar-refractivity contribution in [3.05, 3.63) is 71.2 Å². The highest BCUT2D eigenvalue weighted by atomic mass is 19.1. The molecule has 1 amide bonds. The van der Waals surface area contributed by atoms with Crippen LogP contribution in [0.4, 0.5) is 4.39 Å². The number of carbonyl (C=O) groups excluding carboxylic acids is 1. The largest absolute Gasteiger partial charge is 0.351 e. The number of carbonyl (C=O) groups is 1. The second-order valence-corrected chi connectivity index (χ2v) is 6.15. The summed E-state index contributed by atoms with van der Waals surface area (Å²) in [6.07, 6.45) is 0. The summed E-state index contributed by atoms with van der Waals surface area (Å²) in [7, 11) is 4.06. The van der Waals surface area contributed by atoms with Crippen molar-refractivity contribution in [3.63, 3.8) is 0 Å². The first-order chi connectivity index (χ1) is 11.5. The minimum atomic E-state index is -0.314. The van der Waals surface area contributed by atoms with Crippen LogP contribution in [0, 0.1) is 5.82 Å². The Morgan fingerprint density at radius 3 is 2.50 bits per heavy atom. The van der Waals surface area contributed by atoms with Crippen LogP contribution in [-0.2, 0) is 13.1 Å². The van der Waals surface area contributed by atoms with Gasteiger partial charge in [0.2, 0.25) is 0 Å². The van der Waals surface area contributed by atoms with Crippen molar-refractivity contribution in [1.29, 1.82) is 0 Å². The second-order valence-electron chi connectivity index (χ2n) is 6.15. The molecule has 0 aliphatic heterocycles. The number of rotatable bonds is 5. The molecule has 0 aliphatic carbocycles. The molecule has 0 radical (unpaired) electrons. The number of aromatic nitrogens is 1. The Kier molecular flexibility index (Phi) is 4.62. The molecule has 124 valence electrons. The molecule has 0 unspecified atom stereocenters. The number of fused-ring (bicyclic) bond motifs is 1. The van der Waals surface area contributed by atoms with Crippen LogP contribution in [0.15, 0.2) is 48.5 Å². The van der Waals surface area contributed by atoms with Crippen molar-refractivity contribution < 1.29 is 9.18 Å². The van der Waals surface area contributed by atoms with Crippen LogP contribution in [0.2, 0.25) is 0 Å². The molecule has 5 heteroatoms. The molecule has 0 saturated heterocycles. The Bertz CT molecular complexity index is 853. The Labute approximate surface area is 140 Å². The highest BCUT2D eigenvalue weighted by Gasteiger charge is 2.09. The SMILES string of the molecule is CN(C)Cc1ccc(CNC(=O)c2cc3cc(F)ccc3[nH]2)cc1. The summed E-state index contributed by atoms with van der Waals surface area (Å²) < 4.78 is 13.2. The number of benzene rings is 2. The Balaban J connectivity index is 1.63. The van der Waals surface area contributed by atoms with Crippen LogP contribution in [-0.4, -0.2) is 29.9 Å². The van der Waals surface area contributed by atoms with E-state index in [1.165, 1.54) is 17.7 Å². The van der Waals surface area contributed by atoms with E-state index in [1.54, 1.807) is 12.1 Å². The second kappa shape index (κ2) is 6.84. The molecule has 0 aliphatic rings. The number of nitrogens with one attached hydrogen (secondary N) is 2. The van der Waals surface area contributed by atoms with Crippen molar-refractivity contribution in [2.45, 2.75) is 13.1 Å². The van der Waals surface area contributed by atoms with Gasteiger partial charge in [0, 0.05) is 24.0 Å². The number of halogens is 1. The van der Waals surface area contributed by atoms with E-state index in [4.69, 9.17) is 0 Å². The third-order valence-electron chi connectivity index (χ3n) is 3.80. The maximum atomic E-state index is 13.2. The van der Waals surface area contributed by atoms with Gasteiger partial charge in [-0.15, -0.1) is 0 Å². The number of nitrogens with zero attached hydrogens (tertiary/aromatic N) is 1. The van der Waals surface area contributed by atoms with Crippen molar-refractivity contribution in [2.75, 3.05) is 14.1 Å². The van der Waals surface area contributed by atoms with Crippen molar-refractivity contribution in [2.24, 2.45) is 0 Å². The molecule has 2 aromatic carbocycles. The maximum absolute atomic E-state index is 13.2. The lowest BCUT2D eigenvalue weighted by Gasteiger charge is -2.10. The summed E-state index contributed by atoms with van der Waals surface area (Å²) in [6, 6.07) is 14.2. The summed E-state index contributed by atoms with van der Waals surface area (Å²) >= 11 is 0. The van der Waals surface area contributed by atoms with Crippen LogP contribution >= 0.6 is 0 Å². The summed E-state index contributed by atoms with van der Waals surface area (Å²) in [5.74, 6) is -0.518. The van der Waals surface area contributed by atoms with E-state index in [9.17, 15) is 9.18 Å². The van der Waals surface area contributed by atoms with Crippen LogP contribution in [0.5, 0.6) is 0 Å². The lowest BCUT2D eigenvalue weighted by Crippen LogP contribution is -2.23. The van der Waals surface area contributed by atoms with Crippen LogP contribution in [0.25, 0.3) is 10.9 Å². The maximum Gasteiger partial charge on any atom is 0.267 e. The molecule has 1 heterocycles. The molecule has 3 aromatic rings. The highest BCUT2D eigenvalue weighted by Crippen LogP contribution is 2.16. The van der Waals surface area contributed by atoms with Crippen molar-refractivity contribution in [1.82, 2.24) is 15.2 Å². The van der Waals surface area contributed by atoms with Gasteiger partial charge in [-0.2, -0.15) is 0 Å². The highest BCUT2D eigenvalue weighted by molar-refractivity contribution is 5.97. The van der Waals surface area contributed by atoms with E-state index >= 15 is 0 Å². The monoisotopic (exact) mass is 325 g/mol. The fourth-order valence-electron chi connectivity index (χ4n) is 2.63. The minimum Gasteiger partial charge on any atom is -0.351 e. The van der Waals surface area contributed by atoms with Gasteiger partial charge in [0.05, 0.1) is 0 Å². The molecule has 0 saturated carbocycles. The van der Waals surface area contributed by atoms with E-state index in [2.05, 4.69) is 27.3 Å². The van der Waals surface area contributed by atoms with Gasteiger partial charge in [-0.25, -0.2) is 4.39 Å². The number of hydrogen-bond acceptors (Lipinski definition) is 2. The van der Waals surface area contributed by atoms with Gasteiger partial charge in [-0.3, -0.25) is 4.79 Å². The lowest BCUT2D eigenvalue weighted by atomic mass is 10.1. The van der Waals surface area contributed by atoms with Crippen LogP contribution in [0.1, 0.15) is 21.6 Å². The van der Waals surface area contributed by atoms with Gasteiger partial charge >= 0.3 is 0 Å². The van der Waals surface area contributed by atoms with Gasteiger partial charge in [-0.05, 0) is 49.5 Å². The Hall–Kier alpha value is -2.66. The smallest absolute Gasteiger partial charge is 0.267 e. The lowest BCUT2D eigenvalue weighted by molar-refractivity contribution is 0.0947. The van der Waals surface area contributed by atoms with Gasteiger partial charge in [-0.1, -0.05) is 24.3 Å². The predicted molar refractivity (Wildman–Crippen MR) is 93.3 cm³/mol. The van der Waals surface area contributed by atoms with Gasteiger partial charge in [0.15, 0.2) is 0 Å². The molecular formula is C19H20FN3O. The zero-order valence-corrected chi connectivity index (χ0v) is 13.8. The molecule has 4 nitrogen and oxygen atoms in total. The van der Waals surface area contributed by atoms with E-state index in [0.29, 0.717) is 17.6 Å². The zero-order chi connectivity index (χ0) is 17.1. The fourth-order valence-corrected chi connectivity index (χ4v) is 2.63. The molecule has 2 N–H and O–H groups in total. The average Bonchev–Trinajstić information content (AvgIpc) is 2.96. The third-order valence-corrected chi connectivity index (χ3v) is 3.80. The molecule has 0 fully saturated rings. The number of H-pyrrole nitrogens is 1. The predicted octanol–water partition coefficient (Wildman–Crippen LogP) is 3.30. The minimum absolute atomic E-state index is 0.205. The number of hydrogen-bond donors (Lipinski definition) is 2. The molecule has 24 heavy (non-hydrogen) atoms. The third kappa shape index (κ3) is 3.81. The molecule has 3 rings (SSSR count). The van der Waals surface area contributed by atoms with Gasteiger partial charge in [0.1, 0.15) is 11.5 Å². The summed E-state index contributed by atoms with van der Waals surface area (Å²) in [5, 5.41) is 3.56. The summed E-state index contributed by atoms with van der Waals surface area (Å²) in [4.78, 5) is 17.4. The average molecular weight is 325 g/mol. The summed E-state index contributed by atoms with van der Waals surface area (Å²) in [6.45, 7) is 1.34. The molecule has 1 aromatic heterocycles. The Morgan fingerprint density at radius 2 is 1.79 bits per heavy atom. The topological polar surface area (TPSA) is 48.1 Å². The first kappa shape index (κ1) is 16.2. The van der Waals surface area contributed by atoms with E-state index in [-0.39, 0.29) is 11.7 Å². The van der Waals surface area contributed by atoms with Gasteiger partial charge < -0.3 is 15.2 Å². The van der Waals surface area contributed by atoms with Gasteiger partial charge in [0.25, 0.3) is 5.91 Å². The molecule has 0 atom stereocenters. The van der Waals surface area contributed by atoms with Crippen molar-refractivity contribution >= 4 is 16.8 Å². The number of aromatic amines is 1.